The van der Waals surface area contributed by atoms with Crippen LogP contribution in [-0.4, -0.2) is 54.3 Å². The lowest BCUT2D eigenvalue weighted by atomic mass is 9.82. The van der Waals surface area contributed by atoms with E-state index in [1.165, 1.54) is 23.1 Å². The van der Waals surface area contributed by atoms with Crippen molar-refractivity contribution in [3.05, 3.63) is 59.4 Å². The molecule has 2 aromatic carbocycles. The van der Waals surface area contributed by atoms with Gasteiger partial charge in [-0.1, -0.05) is 18.2 Å². The van der Waals surface area contributed by atoms with Gasteiger partial charge in [-0.25, -0.2) is 31.5 Å². The Morgan fingerprint density at radius 2 is 1.94 bits per heavy atom. The molecule has 2 heterocycles. The van der Waals surface area contributed by atoms with Gasteiger partial charge in [-0.05, 0) is 43.0 Å². The number of hydrogen-bond acceptors (Lipinski definition) is 4. The third-order valence-corrected chi connectivity index (χ3v) is 6.45. The maximum Gasteiger partial charge on any atom is 0.410 e. The molecule has 4 rings (SSSR count). The van der Waals surface area contributed by atoms with Gasteiger partial charge >= 0.3 is 12.2 Å². The molecular weight excluding hydrogens is 475 g/mol. The van der Waals surface area contributed by atoms with Gasteiger partial charge < -0.3 is 14.8 Å². The van der Waals surface area contributed by atoms with Crippen molar-refractivity contribution >= 4 is 12.2 Å². The first-order chi connectivity index (χ1) is 16.6. The average molecular weight is 498 g/mol. The van der Waals surface area contributed by atoms with E-state index in [9.17, 15) is 27.2 Å². The molecule has 6 nitrogen and oxygen atoms in total. The predicted molar refractivity (Wildman–Crippen MR) is 114 cm³/mol. The summed E-state index contributed by atoms with van der Waals surface area (Å²) in [6.45, 7) is 0.627. The zero-order valence-corrected chi connectivity index (χ0v) is 18.7. The molecule has 1 N–H and O–H groups in total. The topological polar surface area (TPSA) is 67.9 Å². The van der Waals surface area contributed by atoms with Crippen molar-refractivity contribution in [2.45, 2.75) is 50.2 Å². The van der Waals surface area contributed by atoms with E-state index in [0.29, 0.717) is 12.5 Å². The van der Waals surface area contributed by atoms with Crippen molar-refractivity contribution in [1.82, 2.24) is 10.2 Å². The number of rotatable bonds is 5. The van der Waals surface area contributed by atoms with Crippen molar-refractivity contribution in [3.8, 4) is 11.1 Å². The van der Waals surface area contributed by atoms with Crippen LogP contribution < -0.4 is 5.32 Å². The van der Waals surface area contributed by atoms with Gasteiger partial charge in [0, 0.05) is 24.1 Å². The molecule has 11 heteroatoms. The van der Waals surface area contributed by atoms with Crippen LogP contribution in [0.4, 0.5) is 31.5 Å². The summed E-state index contributed by atoms with van der Waals surface area (Å²) >= 11 is 0. The van der Waals surface area contributed by atoms with E-state index in [0.717, 1.165) is 12.1 Å². The minimum atomic E-state index is -2.87. The summed E-state index contributed by atoms with van der Waals surface area (Å²) in [4.78, 5) is 26.1. The van der Waals surface area contributed by atoms with E-state index in [-0.39, 0.29) is 36.1 Å². The van der Waals surface area contributed by atoms with Gasteiger partial charge in [0.05, 0.1) is 18.2 Å². The SMILES string of the molecule is C[C@@H]1C[C@@]2(CCOC(=O)N2)[C@H](Cc2cccc(-c3cc(F)cc(F)c3)c2F)N1C(=O)OCC(F)F. The quantitative estimate of drug-likeness (QED) is 0.587. The fourth-order valence-corrected chi connectivity index (χ4v) is 5.05. The number of amides is 2. The van der Waals surface area contributed by atoms with Crippen molar-refractivity contribution in [2.24, 2.45) is 0 Å². The average Bonchev–Trinajstić information content (AvgIpc) is 3.02. The highest BCUT2D eigenvalue weighted by atomic mass is 19.3. The van der Waals surface area contributed by atoms with Crippen LogP contribution >= 0.6 is 0 Å². The number of ether oxygens (including phenoxy) is 2. The molecule has 0 bridgehead atoms. The highest BCUT2D eigenvalue weighted by Gasteiger charge is 2.55. The maximum atomic E-state index is 15.6. The number of nitrogens with one attached hydrogen (secondary N) is 1. The highest BCUT2D eigenvalue weighted by Crippen LogP contribution is 2.41. The Labute approximate surface area is 198 Å². The second kappa shape index (κ2) is 9.71. The van der Waals surface area contributed by atoms with Crippen LogP contribution in [0.5, 0.6) is 0 Å². The Bertz CT molecular complexity index is 1110. The molecular formula is C24H23F5N2O4. The Balaban J connectivity index is 1.71. The van der Waals surface area contributed by atoms with Crippen LogP contribution in [0.1, 0.15) is 25.3 Å². The standard InChI is InChI=1S/C24H23F5N2O4/c1-13-11-24(5-6-34-22(32)30-24)19(31(13)23(33)35-12-20(27)28)9-14-3-2-4-18(21(14)29)15-7-16(25)10-17(26)8-15/h2-4,7-8,10,13,19-20H,5-6,9,11-12H2,1H3,(H,30,32)/t13-,19+,24+/m1/s1. The monoisotopic (exact) mass is 498 g/mol. The molecule has 188 valence electrons. The van der Waals surface area contributed by atoms with Crippen LogP contribution in [0, 0.1) is 17.5 Å². The minimum Gasteiger partial charge on any atom is -0.449 e. The number of halogens is 5. The van der Waals surface area contributed by atoms with E-state index in [1.54, 1.807) is 6.92 Å². The smallest absolute Gasteiger partial charge is 0.410 e. The Morgan fingerprint density at radius 3 is 2.60 bits per heavy atom. The molecule has 0 saturated carbocycles. The molecule has 0 aliphatic carbocycles. The molecule has 0 radical (unpaired) electrons. The van der Waals surface area contributed by atoms with Crippen molar-refractivity contribution < 1.29 is 41.0 Å². The van der Waals surface area contributed by atoms with Gasteiger partial charge in [0.1, 0.15) is 17.5 Å². The van der Waals surface area contributed by atoms with Crippen LogP contribution in [0.2, 0.25) is 0 Å². The Hall–Kier alpha value is -3.37. The zero-order valence-electron chi connectivity index (χ0n) is 18.7. The number of carbonyl (C=O) groups excluding carboxylic acids is 2. The number of likely N-dealkylation sites (tertiary alicyclic amines) is 1. The number of benzene rings is 2. The maximum absolute atomic E-state index is 15.6. The normalized spacial score (nSPS) is 24.0. The number of cyclic esters (lactones) is 1. The van der Waals surface area contributed by atoms with E-state index in [1.807, 2.05) is 0 Å². The van der Waals surface area contributed by atoms with E-state index in [2.05, 4.69) is 5.32 Å². The van der Waals surface area contributed by atoms with Gasteiger partial charge in [-0.3, -0.25) is 4.90 Å². The molecule has 1 spiro atoms. The van der Waals surface area contributed by atoms with Gasteiger partial charge in [-0.15, -0.1) is 0 Å². The summed E-state index contributed by atoms with van der Waals surface area (Å²) in [7, 11) is 0. The molecule has 2 aromatic rings. The summed E-state index contributed by atoms with van der Waals surface area (Å²) in [5, 5.41) is 2.74. The predicted octanol–water partition coefficient (Wildman–Crippen LogP) is 5.05. The second-order valence-corrected chi connectivity index (χ2v) is 8.75. The van der Waals surface area contributed by atoms with Crippen molar-refractivity contribution in [2.75, 3.05) is 13.2 Å². The van der Waals surface area contributed by atoms with Gasteiger partial charge in [0.25, 0.3) is 6.43 Å². The van der Waals surface area contributed by atoms with Crippen molar-refractivity contribution in [3.63, 3.8) is 0 Å². The first-order valence-corrected chi connectivity index (χ1v) is 11.0. The van der Waals surface area contributed by atoms with Crippen LogP contribution in [0.25, 0.3) is 11.1 Å². The summed E-state index contributed by atoms with van der Waals surface area (Å²) in [6, 6.07) is 5.61. The fraction of sp³-hybridized carbons (Fsp3) is 0.417. The third-order valence-electron chi connectivity index (χ3n) is 6.45. The van der Waals surface area contributed by atoms with Gasteiger partial charge in [0.15, 0.2) is 6.61 Å². The zero-order chi connectivity index (χ0) is 25.3. The number of carbonyl (C=O) groups is 2. The first-order valence-electron chi connectivity index (χ1n) is 11.0. The minimum absolute atomic E-state index is 0.0103. The molecule has 2 aliphatic heterocycles. The molecule has 2 aliphatic rings. The number of hydrogen-bond donors (Lipinski definition) is 1. The Morgan fingerprint density at radius 1 is 1.23 bits per heavy atom. The summed E-state index contributed by atoms with van der Waals surface area (Å²) in [5.74, 6) is -2.50. The number of nitrogens with zero attached hydrogens (tertiary/aromatic N) is 1. The van der Waals surface area contributed by atoms with E-state index < -0.39 is 60.3 Å². The molecule has 2 fully saturated rings. The molecule has 2 amide bonds. The number of alkyl halides is 2. The number of alkyl carbamates (subject to hydrolysis) is 1. The van der Waals surface area contributed by atoms with Crippen LogP contribution in [-0.2, 0) is 15.9 Å². The summed E-state index contributed by atoms with van der Waals surface area (Å²) < 4.78 is 78.1. The lowest BCUT2D eigenvalue weighted by Gasteiger charge is -2.40. The molecule has 0 unspecified atom stereocenters. The van der Waals surface area contributed by atoms with Crippen LogP contribution in [0.3, 0.4) is 0 Å². The largest absolute Gasteiger partial charge is 0.449 e. The molecule has 3 atom stereocenters. The molecule has 0 aromatic heterocycles. The summed E-state index contributed by atoms with van der Waals surface area (Å²) in [6.07, 6.45) is -4.14. The van der Waals surface area contributed by atoms with Gasteiger partial charge in [0.2, 0.25) is 0 Å². The van der Waals surface area contributed by atoms with E-state index >= 15 is 4.39 Å². The highest BCUT2D eigenvalue weighted by molar-refractivity contribution is 5.73. The molecule has 2 saturated heterocycles. The van der Waals surface area contributed by atoms with Crippen molar-refractivity contribution in [1.29, 1.82) is 0 Å². The Kier molecular flexibility index (Phi) is 6.86. The third kappa shape index (κ3) is 5.03. The fourth-order valence-electron chi connectivity index (χ4n) is 5.05. The molecule has 35 heavy (non-hydrogen) atoms. The second-order valence-electron chi connectivity index (χ2n) is 8.75. The first kappa shape index (κ1) is 24.7. The van der Waals surface area contributed by atoms with Crippen LogP contribution in [0.15, 0.2) is 36.4 Å². The van der Waals surface area contributed by atoms with Gasteiger partial charge in [-0.2, -0.15) is 0 Å². The summed E-state index contributed by atoms with van der Waals surface area (Å²) in [5.41, 5.74) is -0.961. The van der Waals surface area contributed by atoms with E-state index in [4.69, 9.17) is 9.47 Å². The lowest BCUT2D eigenvalue weighted by molar-refractivity contribution is 0.0190. The lowest BCUT2D eigenvalue weighted by Crippen LogP contribution is -2.61.